The summed E-state index contributed by atoms with van der Waals surface area (Å²) in [6.07, 6.45) is 1.65. The van der Waals surface area contributed by atoms with Gasteiger partial charge in [0.15, 0.2) is 0 Å². The third kappa shape index (κ3) is 2.44. The van der Waals surface area contributed by atoms with Crippen LogP contribution in [0.5, 0.6) is 0 Å². The van der Waals surface area contributed by atoms with Crippen LogP contribution in [0.2, 0.25) is 0 Å². The van der Waals surface area contributed by atoms with E-state index in [1.807, 2.05) is 18.2 Å². The van der Waals surface area contributed by atoms with Gasteiger partial charge in [-0.2, -0.15) is 0 Å². The van der Waals surface area contributed by atoms with E-state index < -0.39 is 5.97 Å². The van der Waals surface area contributed by atoms with E-state index >= 15 is 0 Å². The Morgan fingerprint density at radius 1 is 1.48 bits per heavy atom. The second-order valence-electron chi connectivity index (χ2n) is 5.79. The van der Waals surface area contributed by atoms with Crippen molar-refractivity contribution in [3.63, 3.8) is 0 Å². The molecule has 1 fully saturated rings. The summed E-state index contributed by atoms with van der Waals surface area (Å²) in [6, 6.07) is 8.22. The fourth-order valence-corrected chi connectivity index (χ4v) is 3.33. The Bertz CT molecular complexity index is 661. The highest BCUT2D eigenvalue weighted by atomic mass is 16.4. The molecule has 112 valence electrons. The van der Waals surface area contributed by atoms with Crippen molar-refractivity contribution >= 4 is 16.9 Å². The van der Waals surface area contributed by atoms with Crippen LogP contribution in [0, 0.1) is 5.92 Å². The van der Waals surface area contributed by atoms with Crippen molar-refractivity contribution in [1.82, 2.24) is 4.90 Å². The maximum atomic E-state index is 11.1. The first kappa shape index (κ1) is 14.1. The number of fused-ring (bicyclic) bond motifs is 1. The molecule has 1 N–H and O–H groups in total. The minimum atomic E-state index is -0.690. The average molecular weight is 287 g/mol. The van der Waals surface area contributed by atoms with E-state index in [4.69, 9.17) is 9.52 Å². The summed E-state index contributed by atoms with van der Waals surface area (Å²) in [5.41, 5.74) is 2.17. The van der Waals surface area contributed by atoms with Gasteiger partial charge in [-0.25, -0.2) is 0 Å². The lowest BCUT2D eigenvalue weighted by atomic mass is 10.0. The van der Waals surface area contributed by atoms with Crippen LogP contribution < -0.4 is 0 Å². The van der Waals surface area contributed by atoms with Gasteiger partial charge in [0, 0.05) is 17.5 Å². The van der Waals surface area contributed by atoms with Gasteiger partial charge in [0.25, 0.3) is 0 Å². The SMILES string of the molecule is CCc1c(C(C)N2CCC(C(=O)O)C2)oc2ccccc12. The van der Waals surface area contributed by atoms with Gasteiger partial charge < -0.3 is 9.52 Å². The molecular formula is C17H21NO3. The van der Waals surface area contributed by atoms with Crippen molar-refractivity contribution in [3.8, 4) is 0 Å². The molecule has 2 unspecified atom stereocenters. The summed E-state index contributed by atoms with van der Waals surface area (Å²) in [7, 11) is 0. The molecule has 0 aliphatic carbocycles. The molecular weight excluding hydrogens is 266 g/mol. The van der Waals surface area contributed by atoms with Crippen LogP contribution >= 0.6 is 0 Å². The maximum absolute atomic E-state index is 11.1. The zero-order valence-electron chi connectivity index (χ0n) is 12.5. The second kappa shape index (κ2) is 5.53. The van der Waals surface area contributed by atoms with Crippen LogP contribution in [-0.2, 0) is 11.2 Å². The van der Waals surface area contributed by atoms with Crippen molar-refractivity contribution < 1.29 is 14.3 Å². The Hall–Kier alpha value is -1.81. The van der Waals surface area contributed by atoms with E-state index in [0.29, 0.717) is 6.54 Å². The third-order valence-corrected chi connectivity index (χ3v) is 4.58. The number of aryl methyl sites for hydroxylation is 1. The van der Waals surface area contributed by atoms with Crippen molar-refractivity contribution in [1.29, 1.82) is 0 Å². The number of carboxylic acids is 1. The van der Waals surface area contributed by atoms with Crippen LogP contribution in [0.15, 0.2) is 28.7 Å². The number of benzene rings is 1. The zero-order chi connectivity index (χ0) is 15.0. The Morgan fingerprint density at radius 3 is 2.90 bits per heavy atom. The van der Waals surface area contributed by atoms with Crippen LogP contribution in [0.25, 0.3) is 11.0 Å². The molecule has 3 rings (SSSR count). The number of carbonyl (C=O) groups is 1. The van der Waals surface area contributed by atoms with Crippen LogP contribution in [0.3, 0.4) is 0 Å². The number of nitrogens with zero attached hydrogens (tertiary/aromatic N) is 1. The molecule has 2 aromatic rings. The van der Waals surface area contributed by atoms with Gasteiger partial charge in [-0.1, -0.05) is 25.1 Å². The van der Waals surface area contributed by atoms with Gasteiger partial charge in [-0.15, -0.1) is 0 Å². The molecule has 0 spiro atoms. The lowest BCUT2D eigenvalue weighted by Gasteiger charge is -2.23. The minimum absolute atomic E-state index is 0.122. The fraction of sp³-hybridized carbons (Fsp3) is 0.471. The third-order valence-electron chi connectivity index (χ3n) is 4.58. The molecule has 2 heterocycles. The first-order valence-electron chi connectivity index (χ1n) is 7.59. The Balaban J connectivity index is 1.91. The standard InChI is InChI=1S/C17H21NO3/c1-3-13-14-6-4-5-7-15(14)21-16(13)11(2)18-9-8-12(10-18)17(19)20/h4-7,11-12H,3,8-10H2,1-2H3,(H,19,20). The summed E-state index contributed by atoms with van der Waals surface area (Å²) in [4.78, 5) is 13.3. The molecule has 1 saturated heterocycles. The normalized spacial score (nSPS) is 21.0. The molecule has 4 nitrogen and oxygen atoms in total. The van der Waals surface area contributed by atoms with Crippen LogP contribution in [-0.4, -0.2) is 29.1 Å². The molecule has 21 heavy (non-hydrogen) atoms. The van der Waals surface area contributed by atoms with Crippen molar-refractivity contribution in [3.05, 3.63) is 35.6 Å². The first-order chi connectivity index (χ1) is 10.1. The molecule has 1 aromatic carbocycles. The van der Waals surface area contributed by atoms with Crippen molar-refractivity contribution in [2.24, 2.45) is 5.92 Å². The number of aliphatic carboxylic acids is 1. The van der Waals surface area contributed by atoms with Gasteiger partial charge in [-0.3, -0.25) is 9.69 Å². The molecule has 1 aliphatic heterocycles. The molecule has 1 aliphatic rings. The summed E-state index contributed by atoms with van der Waals surface area (Å²) >= 11 is 0. The number of likely N-dealkylation sites (tertiary alicyclic amines) is 1. The van der Waals surface area contributed by atoms with Crippen LogP contribution in [0.1, 0.15) is 37.6 Å². The predicted molar refractivity (Wildman–Crippen MR) is 81.3 cm³/mol. The Morgan fingerprint density at radius 2 is 2.24 bits per heavy atom. The van der Waals surface area contributed by atoms with Gasteiger partial charge in [-0.05, 0) is 32.4 Å². The second-order valence-corrected chi connectivity index (χ2v) is 5.79. The molecule has 2 atom stereocenters. The Kier molecular flexibility index (Phi) is 3.72. The van der Waals surface area contributed by atoms with Gasteiger partial charge >= 0.3 is 5.97 Å². The van der Waals surface area contributed by atoms with E-state index in [0.717, 1.165) is 30.7 Å². The largest absolute Gasteiger partial charge is 0.481 e. The van der Waals surface area contributed by atoms with Gasteiger partial charge in [0.1, 0.15) is 11.3 Å². The number of carboxylic acid groups (broad SMARTS) is 1. The topological polar surface area (TPSA) is 53.7 Å². The van der Waals surface area contributed by atoms with E-state index in [2.05, 4.69) is 24.8 Å². The monoisotopic (exact) mass is 287 g/mol. The van der Waals surface area contributed by atoms with Crippen molar-refractivity contribution in [2.75, 3.05) is 13.1 Å². The summed E-state index contributed by atoms with van der Waals surface area (Å²) in [6.45, 7) is 5.67. The van der Waals surface area contributed by atoms with E-state index in [9.17, 15) is 4.79 Å². The number of para-hydroxylation sites is 1. The molecule has 0 radical (unpaired) electrons. The van der Waals surface area contributed by atoms with E-state index in [1.165, 1.54) is 10.9 Å². The molecule has 0 amide bonds. The summed E-state index contributed by atoms with van der Waals surface area (Å²) in [5, 5.41) is 10.3. The predicted octanol–water partition coefficient (Wildman–Crippen LogP) is 3.46. The number of rotatable bonds is 4. The Labute approximate surface area is 124 Å². The number of hydrogen-bond acceptors (Lipinski definition) is 3. The summed E-state index contributed by atoms with van der Waals surface area (Å²) < 4.78 is 6.07. The average Bonchev–Trinajstić information content (AvgIpc) is 3.11. The van der Waals surface area contributed by atoms with Crippen LogP contribution in [0.4, 0.5) is 0 Å². The highest BCUT2D eigenvalue weighted by molar-refractivity contribution is 5.82. The minimum Gasteiger partial charge on any atom is -0.481 e. The lowest BCUT2D eigenvalue weighted by molar-refractivity contribution is -0.141. The maximum Gasteiger partial charge on any atom is 0.307 e. The van der Waals surface area contributed by atoms with Gasteiger partial charge in [0.2, 0.25) is 0 Å². The number of furan rings is 1. The molecule has 4 heteroatoms. The quantitative estimate of drug-likeness (QED) is 0.935. The lowest BCUT2D eigenvalue weighted by Crippen LogP contribution is -2.26. The smallest absolute Gasteiger partial charge is 0.307 e. The highest BCUT2D eigenvalue weighted by Gasteiger charge is 2.33. The molecule has 0 bridgehead atoms. The first-order valence-corrected chi connectivity index (χ1v) is 7.59. The molecule has 1 aromatic heterocycles. The van der Waals surface area contributed by atoms with Crippen molar-refractivity contribution in [2.45, 2.75) is 32.7 Å². The fourth-order valence-electron chi connectivity index (χ4n) is 3.33. The van der Waals surface area contributed by atoms with E-state index in [1.54, 1.807) is 0 Å². The molecule has 0 saturated carbocycles. The highest BCUT2D eigenvalue weighted by Crippen LogP contribution is 2.35. The van der Waals surface area contributed by atoms with E-state index in [-0.39, 0.29) is 12.0 Å². The van der Waals surface area contributed by atoms with Gasteiger partial charge in [0.05, 0.1) is 12.0 Å². The number of hydrogen-bond donors (Lipinski definition) is 1. The summed E-state index contributed by atoms with van der Waals surface area (Å²) in [5.74, 6) is 0.0525. The zero-order valence-corrected chi connectivity index (χ0v) is 12.5.